The highest BCUT2D eigenvalue weighted by Gasteiger charge is 2.09. The molecule has 2 aromatic carbocycles. The summed E-state index contributed by atoms with van der Waals surface area (Å²) in [5.41, 5.74) is 2.87. The minimum atomic E-state index is -0.522. The number of carbonyl (C=O) groups excluding carboxylic acids is 3. The van der Waals surface area contributed by atoms with Gasteiger partial charge in [-0.2, -0.15) is 0 Å². The van der Waals surface area contributed by atoms with Gasteiger partial charge in [0.25, 0.3) is 0 Å². The van der Waals surface area contributed by atoms with E-state index in [0.29, 0.717) is 16.9 Å². The largest absolute Gasteiger partial charge is 0.488 e. The molecule has 2 rings (SSSR count). The maximum Gasteiger partial charge on any atom is 0.338 e. The number of carbonyl (C=O) groups is 3. The zero-order valence-corrected chi connectivity index (χ0v) is 15.9. The van der Waals surface area contributed by atoms with E-state index in [1.165, 1.54) is 0 Å². The van der Waals surface area contributed by atoms with E-state index in [1.54, 1.807) is 37.3 Å². The lowest BCUT2D eigenvalue weighted by Crippen LogP contribution is -2.14. The highest BCUT2D eigenvalue weighted by Crippen LogP contribution is 2.21. The molecule has 0 unspecified atom stereocenters. The van der Waals surface area contributed by atoms with Gasteiger partial charge < -0.3 is 14.2 Å². The third-order valence-electron chi connectivity index (χ3n) is 3.88. The molecule has 0 saturated carbocycles. The monoisotopic (exact) mass is 382 g/mol. The van der Waals surface area contributed by atoms with Crippen molar-refractivity contribution in [2.45, 2.75) is 20.5 Å². The molecule has 6 nitrogen and oxygen atoms in total. The fraction of sp³-hybridized carbons (Fsp3) is 0.227. The molecule has 0 atom stereocenters. The van der Waals surface area contributed by atoms with Crippen molar-refractivity contribution in [1.82, 2.24) is 0 Å². The second kappa shape index (κ2) is 10.1. The predicted molar refractivity (Wildman–Crippen MR) is 103 cm³/mol. The standard InChI is InChI=1S/C22H22O6/c1-15(2)21(24)26-11-12-27-22(25)18-9-7-17(8-10-18)14-28-20-6-4-5-16(3)19(20)13-23/h4-10,13H,1,11-12,14H2,2-3H3. The van der Waals surface area contributed by atoms with Crippen molar-refractivity contribution >= 4 is 18.2 Å². The number of esters is 2. The van der Waals surface area contributed by atoms with E-state index in [1.807, 2.05) is 19.1 Å². The second-order valence-corrected chi connectivity index (χ2v) is 6.14. The topological polar surface area (TPSA) is 78.9 Å². The molecule has 2 aromatic rings. The smallest absolute Gasteiger partial charge is 0.338 e. The van der Waals surface area contributed by atoms with E-state index < -0.39 is 11.9 Å². The molecule has 0 aliphatic carbocycles. The van der Waals surface area contributed by atoms with Crippen LogP contribution in [0.4, 0.5) is 0 Å². The third kappa shape index (κ3) is 5.81. The Hall–Kier alpha value is -3.41. The van der Waals surface area contributed by atoms with Gasteiger partial charge in [-0.3, -0.25) is 4.79 Å². The SMILES string of the molecule is C=C(C)C(=O)OCCOC(=O)c1ccc(COc2cccc(C)c2C=O)cc1. The number of hydrogen-bond acceptors (Lipinski definition) is 6. The van der Waals surface area contributed by atoms with Crippen LogP contribution in [0.5, 0.6) is 5.75 Å². The maximum absolute atomic E-state index is 12.0. The average molecular weight is 382 g/mol. The van der Waals surface area contributed by atoms with Crippen molar-refractivity contribution < 1.29 is 28.6 Å². The molecule has 146 valence electrons. The molecule has 0 saturated heterocycles. The van der Waals surface area contributed by atoms with Gasteiger partial charge in [0.05, 0.1) is 11.1 Å². The molecule has 0 spiro atoms. The molecule has 0 aromatic heterocycles. The Balaban J connectivity index is 1.85. The van der Waals surface area contributed by atoms with E-state index in [2.05, 4.69) is 6.58 Å². The Bertz CT molecular complexity index is 867. The van der Waals surface area contributed by atoms with Crippen molar-refractivity contribution in [2.75, 3.05) is 13.2 Å². The third-order valence-corrected chi connectivity index (χ3v) is 3.88. The molecule has 0 heterocycles. The first-order chi connectivity index (χ1) is 13.4. The van der Waals surface area contributed by atoms with Gasteiger partial charge in [0, 0.05) is 5.57 Å². The molecular formula is C22H22O6. The molecule has 0 aliphatic heterocycles. The van der Waals surface area contributed by atoms with Crippen LogP contribution in [0.2, 0.25) is 0 Å². The second-order valence-electron chi connectivity index (χ2n) is 6.14. The molecule has 0 N–H and O–H groups in total. The normalized spacial score (nSPS) is 10.1. The average Bonchev–Trinajstić information content (AvgIpc) is 2.69. The summed E-state index contributed by atoms with van der Waals surface area (Å²) in [6, 6.07) is 12.1. The van der Waals surface area contributed by atoms with Crippen LogP contribution in [-0.2, 0) is 20.9 Å². The number of rotatable bonds is 9. The summed E-state index contributed by atoms with van der Waals surface area (Å²) in [6.07, 6.45) is 0.775. The van der Waals surface area contributed by atoms with Gasteiger partial charge in [0.15, 0.2) is 6.29 Å². The predicted octanol–water partition coefficient (Wildman–Crippen LogP) is 3.66. The molecule has 0 fully saturated rings. The van der Waals surface area contributed by atoms with Gasteiger partial charge in [0.2, 0.25) is 0 Å². The summed E-state index contributed by atoms with van der Waals surface area (Å²) in [5.74, 6) is -0.518. The summed E-state index contributed by atoms with van der Waals surface area (Å²) in [5, 5.41) is 0. The zero-order valence-electron chi connectivity index (χ0n) is 15.9. The van der Waals surface area contributed by atoms with Crippen molar-refractivity contribution in [3.05, 3.63) is 76.9 Å². The summed E-state index contributed by atoms with van der Waals surface area (Å²) < 4.78 is 15.6. The number of ether oxygens (including phenoxy) is 3. The van der Waals surface area contributed by atoms with Crippen LogP contribution in [0.15, 0.2) is 54.6 Å². The summed E-state index contributed by atoms with van der Waals surface area (Å²) in [4.78, 5) is 34.4. The minimum Gasteiger partial charge on any atom is -0.488 e. The van der Waals surface area contributed by atoms with Gasteiger partial charge in [-0.25, -0.2) is 9.59 Å². The number of aldehydes is 1. The van der Waals surface area contributed by atoms with Crippen LogP contribution < -0.4 is 4.74 Å². The van der Waals surface area contributed by atoms with Gasteiger partial charge in [-0.1, -0.05) is 30.8 Å². The van der Waals surface area contributed by atoms with Gasteiger partial charge in [0.1, 0.15) is 25.6 Å². The fourth-order valence-electron chi connectivity index (χ4n) is 2.30. The summed E-state index contributed by atoms with van der Waals surface area (Å²) in [6.45, 7) is 7.04. The molecule has 6 heteroatoms. The van der Waals surface area contributed by atoms with E-state index in [-0.39, 0.29) is 25.4 Å². The van der Waals surface area contributed by atoms with E-state index in [9.17, 15) is 14.4 Å². The quantitative estimate of drug-likeness (QED) is 0.285. The van der Waals surface area contributed by atoms with Gasteiger partial charge in [-0.05, 0) is 43.2 Å². The molecular weight excluding hydrogens is 360 g/mol. The molecule has 0 radical (unpaired) electrons. The van der Waals surface area contributed by atoms with Crippen molar-refractivity contribution in [1.29, 1.82) is 0 Å². The molecule has 0 aliphatic rings. The first-order valence-corrected chi connectivity index (χ1v) is 8.68. The van der Waals surface area contributed by atoms with Crippen LogP contribution in [0, 0.1) is 6.92 Å². The van der Waals surface area contributed by atoms with E-state index >= 15 is 0 Å². The van der Waals surface area contributed by atoms with Gasteiger partial charge in [-0.15, -0.1) is 0 Å². The first kappa shape index (κ1) is 20.9. The molecule has 0 amide bonds. The van der Waals surface area contributed by atoms with Crippen LogP contribution in [0.3, 0.4) is 0 Å². The lowest BCUT2D eigenvalue weighted by molar-refractivity contribution is -0.140. The van der Waals surface area contributed by atoms with Crippen molar-refractivity contribution in [3.8, 4) is 5.75 Å². The van der Waals surface area contributed by atoms with Gasteiger partial charge >= 0.3 is 11.9 Å². The Morgan fingerprint density at radius 1 is 1.04 bits per heavy atom. The van der Waals surface area contributed by atoms with E-state index in [0.717, 1.165) is 17.4 Å². The molecule has 0 bridgehead atoms. The van der Waals surface area contributed by atoms with Crippen LogP contribution in [0.1, 0.15) is 38.8 Å². The van der Waals surface area contributed by atoms with E-state index in [4.69, 9.17) is 14.2 Å². The zero-order chi connectivity index (χ0) is 20.5. The van der Waals surface area contributed by atoms with Crippen molar-refractivity contribution in [2.24, 2.45) is 0 Å². The fourth-order valence-corrected chi connectivity index (χ4v) is 2.30. The number of benzene rings is 2. The van der Waals surface area contributed by atoms with Crippen LogP contribution in [-0.4, -0.2) is 31.4 Å². The highest BCUT2D eigenvalue weighted by atomic mass is 16.6. The number of aryl methyl sites for hydroxylation is 1. The Morgan fingerprint density at radius 2 is 1.71 bits per heavy atom. The maximum atomic E-state index is 12.0. The Morgan fingerprint density at radius 3 is 2.36 bits per heavy atom. The van der Waals surface area contributed by atoms with Crippen molar-refractivity contribution in [3.63, 3.8) is 0 Å². The first-order valence-electron chi connectivity index (χ1n) is 8.68. The Kier molecular flexibility index (Phi) is 7.51. The Labute approximate surface area is 163 Å². The highest BCUT2D eigenvalue weighted by molar-refractivity contribution is 5.89. The molecule has 28 heavy (non-hydrogen) atoms. The van der Waals surface area contributed by atoms with Crippen LogP contribution in [0.25, 0.3) is 0 Å². The minimum absolute atomic E-state index is 0.0289. The summed E-state index contributed by atoms with van der Waals surface area (Å²) in [7, 11) is 0. The lowest BCUT2D eigenvalue weighted by atomic mass is 10.1. The number of hydrogen-bond donors (Lipinski definition) is 0. The lowest BCUT2D eigenvalue weighted by Gasteiger charge is -2.10. The van der Waals surface area contributed by atoms with Crippen LogP contribution >= 0.6 is 0 Å². The summed E-state index contributed by atoms with van der Waals surface area (Å²) >= 11 is 0.